The Labute approximate surface area is 290 Å². The van der Waals surface area contributed by atoms with Gasteiger partial charge < -0.3 is 36.3 Å². The Morgan fingerprint density at radius 3 is 2.38 bits per heavy atom. The summed E-state index contributed by atoms with van der Waals surface area (Å²) in [5.74, 6) is 0.334. The van der Waals surface area contributed by atoms with Crippen molar-refractivity contribution in [1.29, 1.82) is 5.41 Å². The second-order valence-corrected chi connectivity index (χ2v) is 11.8. The number of phenols is 1. The first-order valence-corrected chi connectivity index (χ1v) is 16.1. The summed E-state index contributed by atoms with van der Waals surface area (Å²) in [6.45, 7) is 2.06. The van der Waals surface area contributed by atoms with Crippen LogP contribution in [0.4, 0.5) is 11.4 Å². The van der Waals surface area contributed by atoms with Crippen LogP contribution in [-0.4, -0.2) is 29.2 Å². The smallest absolute Gasteiger partial charge is 0.268 e. The molecule has 0 fully saturated rings. The third kappa shape index (κ3) is 8.11. The number of carbonyl (C=O) groups excluding carboxylic acids is 2. The van der Waals surface area contributed by atoms with E-state index >= 15 is 0 Å². The Morgan fingerprint density at radius 1 is 0.900 bits per heavy atom. The van der Waals surface area contributed by atoms with Gasteiger partial charge in [-0.1, -0.05) is 72.8 Å². The SMILES string of the molecule is C[C@H](Oc1cccc(C(=N)C2=C(NCC(=O)Nc3cccc(O)c3)C(=O)NC2c2ccc(OCc3ccc(N)cc3)cc2)c1)c1ccccc1. The third-order valence-electron chi connectivity index (χ3n) is 8.19. The summed E-state index contributed by atoms with van der Waals surface area (Å²) in [5, 5.41) is 27.8. The normalized spacial score (nSPS) is 14.4. The maximum atomic E-state index is 13.5. The van der Waals surface area contributed by atoms with Crippen LogP contribution in [0.5, 0.6) is 17.2 Å². The molecule has 5 aromatic rings. The number of amides is 2. The summed E-state index contributed by atoms with van der Waals surface area (Å²) in [6.07, 6.45) is -0.231. The van der Waals surface area contributed by atoms with Crippen LogP contribution in [0.1, 0.15) is 41.3 Å². The Balaban J connectivity index is 1.25. The van der Waals surface area contributed by atoms with Gasteiger partial charge in [0.15, 0.2) is 0 Å². The molecular formula is C40H37N5O5. The molecule has 252 valence electrons. The first-order chi connectivity index (χ1) is 24.2. The monoisotopic (exact) mass is 667 g/mol. The molecule has 0 saturated heterocycles. The van der Waals surface area contributed by atoms with Gasteiger partial charge in [0, 0.05) is 28.6 Å². The number of phenolic OH excluding ortho intramolecular Hbond substituents is 1. The molecule has 1 aliphatic rings. The molecule has 1 unspecified atom stereocenters. The van der Waals surface area contributed by atoms with Crippen LogP contribution < -0.4 is 31.2 Å². The van der Waals surface area contributed by atoms with Gasteiger partial charge in [-0.3, -0.25) is 15.0 Å². The Morgan fingerprint density at radius 2 is 1.64 bits per heavy atom. The van der Waals surface area contributed by atoms with E-state index in [-0.39, 0.29) is 29.8 Å². The number of aromatic hydroxyl groups is 1. The summed E-state index contributed by atoms with van der Waals surface area (Å²) >= 11 is 0. The van der Waals surface area contributed by atoms with E-state index in [1.807, 2.05) is 91.9 Å². The number of hydrogen-bond donors (Lipinski definition) is 6. The van der Waals surface area contributed by atoms with Gasteiger partial charge in [0.25, 0.3) is 5.91 Å². The molecule has 0 aromatic heterocycles. The number of nitrogens with two attached hydrogens (primary N) is 1. The van der Waals surface area contributed by atoms with Crippen molar-refractivity contribution >= 4 is 28.9 Å². The second kappa shape index (κ2) is 15.1. The van der Waals surface area contributed by atoms with Crippen LogP contribution in [0.3, 0.4) is 0 Å². The van der Waals surface area contributed by atoms with Crippen molar-refractivity contribution in [1.82, 2.24) is 10.6 Å². The Hall–Kier alpha value is -6.55. The molecule has 0 radical (unpaired) electrons. The van der Waals surface area contributed by atoms with Gasteiger partial charge in [0.2, 0.25) is 5.91 Å². The first-order valence-electron chi connectivity index (χ1n) is 16.1. The summed E-state index contributed by atoms with van der Waals surface area (Å²) in [6, 6.07) is 37.3. The molecule has 50 heavy (non-hydrogen) atoms. The fourth-order valence-corrected chi connectivity index (χ4v) is 5.61. The van der Waals surface area contributed by atoms with E-state index in [9.17, 15) is 20.1 Å². The number of anilines is 2. The fourth-order valence-electron chi connectivity index (χ4n) is 5.61. The predicted octanol–water partition coefficient (Wildman–Crippen LogP) is 6.41. The molecule has 0 bridgehead atoms. The van der Waals surface area contributed by atoms with Crippen LogP contribution in [0.15, 0.2) is 139 Å². The maximum Gasteiger partial charge on any atom is 0.268 e. The van der Waals surface area contributed by atoms with Crippen LogP contribution in [0.2, 0.25) is 0 Å². The van der Waals surface area contributed by atoms with Crippen LogP contribution in [-0.2, 0) is 16.2 Å². The van der Waals surface area contributed by atoms with Crippen molar-refractivity contribution in [2.75, 3.05) is 17.6 Å². The molecule has 5 aromatic carbocycles. The van der Waals surface area contributed by atoms with E-state index in [0.717, 1.165) is 16.7 Å². The minimum Gasteiger partial charge on any atom is -0.508 e. The van der Waals surface area contributed by atoms with E-state index in [4.69, 9.17) is 15.2 Å². The van der Waals surface area contributed by atoms with E-state index in [1.54, 1.807) is 30.3 Å². The number of ether oxygens (including phenoxy) is 2. The lowest BCUT2D eigenvalue weighted by atomic mass is 9.92. The topological polar surface area (TPSA) is 159 Å². The number of hydrogen-bond acceptors (Lipinski definition) is 8. The highest BCUT2D eigenvalue weighted by Crippen LogP contribution is 2.34. The molecule has 6 rings (SSSR count). The van der Waals surface area contributed by atoms with E-state index in [1.165, 1.54) is 12.1 Å². The highest BCUT2D eigenvalue weighted by Gasteiger charge is 2.36. The number of benzene rings is 5. The number of nitrogens with one attached hydrogen (secondary N) is 4. The molecular weight excluding hydrogens is 630 g/mol. The maximum absolute atomic E-state index is 13.5. The van der Waals surface area contributed by atoms with Crippen molar-refractivity contribution in [2.45, 2.75) is 25.7 Å². The van der Waals surface area contributed by atoms with Crippen molar-refractivity contribution < 1.29 is 24.2 Å². The number of nitrogen functional groups attached to an aromatic ring is 1. The molecule has 2 amide bonds. The van der Waals surface area contributed by atoms with E-state index in [0.29, 0.717) is 40.6 Å². The van der Waals surface area contributed by atoms with E-state index < -0.39 is 17.9 Å². The van der Waals surface area contributed by atoms with Gasteiger partial charge in [0.05, 0.1) is 18.3 Å². The number of carbonyl (C=O) groups is 2. The lowest BCUT2D eigenvalue weighted by Crippen LogP contribution is -2.32. The Kier molecular flexibility index (Phi) is 10.1. The van der Waals surface area contributed by atoms with Gasteiger partial charge in [-0.25, -0.2) is 0 Å². The molecule has 0 aliphatic carbocycles. The van der Waals surface area contributed by atoms with Gasteiger partial charge in [-0.2, -0.15) is 0 Å². The van der Waals surface area contributed by atoms with Gasteiger partial charge in [-0.15, -0.1) is 0 Å². The molecule has 10 heteroatoms. The standard InChI is InChI=1S/C40H37N5O5/c1-25(27-7-3-2-4-8-27)50-34-12-5-9-29(21-34)37(42)36-38(28-15-19-33(20-16-28)49-24-26-13-17-30(41)18-14-26)45-40(48)39(36)43-23-35(47)44-31-10-6-11-32(46)22-31/h2-22,25,38,42-43,46H,23-24,41H2,1H3,(H,44,47)(H,45,48)/t25-,38?/m0/s1. The Bertz CT molecular complexity index is 2030. The molecule has 7 N–H and O–H groups in total. The number of rotatable bonds is 13. The molecule has 0 saturated carbocycles. The van der Waals surface area contributed by atoms with Crippen molar-refractivity contribution in [2.24, 2.45) is 0 Å². The highest BCUT2D eigenvalue weighted by atomic mass is 16.5. The molecule has 1 heterocycles. The lowest BCUT2D eigenvalue weighted by molar-refractivity contribution is -0.117. The van der Waals surface area contributed by atoms with E-state index in [2.05, 4.69) is 16.0 Å². The second-order valence-electron chi connectivity index (χ2n) is 11.8. The average molecular weight is 668 g/mol. The zero-order valence-corrected chi connectivity index (χ0v) is 27.4. The summed E-state index contributed by atoms with van der Waals surface area (Å²) < 4.78 is 12.2. The third-order valence-corrected chi connectivity index (χ3v) is 8.19. The summed E-state index contributed by atoms with van der Waals surface area (Å²) in [4.78, 5) is 26.4. The van der Waals surface area contributed by atoms with Crippen molar-refractivity contribution in [3.63, 3.8) is 0 Å². The van der Waals surface area contributed by atoms with Crippen LogP contribution >= 0.6 is 0 Å². The predicted molar refractivity (Wildman–Crippen MR) is 193 cm³/mol. The van der Waals surface area contributed by atoms with Gasteiger partial charge in [-0.05, 0) is 72.1 Å². The zero-order chi connectivity index (χ0) is 35.0. The minimum absolute atomic E-state index is 0.0123. The van der Waals surface area contributed by atoms with Gasteiger partial charge >= 0.3 is 0 Å². The first kappa shape index (κ1) is 33.4. The molecule has 0 spiro atoms. The largest absolute Gasteiger partial charge is 0.508 e. The molecule has 2 atom stereocenters. The fraction of sp³-hybridized carbons (Fsp3) is 0.125. The van der Waals surface area contributed by atoms with Crippen LogP contribution in [0, 0.1) is 5.41 Å². The minimum atomic E-state index is -0.689. The van der Waals surface area contributed by atoms with Gasteiger partial charge in [0.1, 0.15) is 35.7 Å². The van der Waals surface area contributed by atoms with Crippen molar-refractivity contribution in [3.05, 3.63) is 161 Å². The molecule has 10 nitrogen and oxygen atoms in total. The average Bonchev–Trinajstić information content (AvgIpc) is 3.46. The highest BCUT2D eigenvalue weighted by molar-refractivity contribution is 6.18. The van der Waals surface area contributed by atoms with Crippen molar-refractivity contribution in [3.8, 4) is 17.2 Å². The lowest BCUT2D eigenvalue weighted by Gasteiger charge is -2.19. The summed E-state index contributed by atoms with van der Waals surface area (Å²) in [7, 11) is 0. The zero-order valence-electron chi connectivity index (χ0n) is 27.4. The summed E-state index contributed by atoms with van der Waals surface area (Å²) in [5.41, 5.74) is 10.7. The van der Waals surface area contributed by atoms with Crippen LogP contribution in [0.25, 0.3) is 0 Å². The molecule has 1 aliphatic heterocycles. The quantitative estimate of drug-likeness (QED) is 0.0625.